The van der Waals surface area contributed by atoms with Gasteiger partial charge in [-0.2, -0.15) is 0 Å². The van der Waals surface area contributed by atoms with Crippen LogP contribution in [-0.4, -0.2) is 30.7 Å². The third-order valence-corrected chi connectivity index (χ3v) is 4.85. The third-order valence-electron chi connectivity index (χ3n) is 3.67. The first-order chi connectivity index (χ1) is 11.7. The van der Waals surface area contributed by atoms with Crippen molar-refractivity contribution in [2.24, 2.45) is 0 Å². The van der Waals surface area contributed by atoms with Crippen LogP contribution in [0.3, 0.4) is 0 Å². The molecule has 1 N–H and O–H groups in total. The molecule has 5 nitrogen and oxygen atoms in total. The highest BCUT2D eigenvalue weighted by Gasteiger charge is 2.18. The lowest BCUT2D eigenvalue weighted by Crippen LogP contribution is -2.34. The molecule has 7 heteroatoms. The Labute approximate surface area is 150 Å². The molecule has 3 rings (SSSR count). The van der Waals surface area contributed by atoms with E-state index in [1.54, 1.807) is 28.4 Å². The molecule has 0 saturated carbocycles. The summed E-state index contributed by atoms with van der Waals surface area (Å²) in [5.41, 5.74) is 0.524. The fourth-order valence-corrected chi connectivity index (χ4v) is 3.31. The summed E-state index contributed by atoms with van der Waals surface area (Å²) in [4.78, 5) is 15.4. The van der Waals surface area contributed by atoms with Crippen LogP contribution in [0, 0.1) is 0 Å². The van der Waals surface area contributed by atoms with Crippen LogP contribution in [-0.2, 0) is 6.54 Å². The fourth-order valence-electron chi connectivity index (χ4n) is 2.39. The van der Waals surface area contributed by atoms with Gasteiger partial charge in [0, 0.05) is 30.0 Å². The number of urea groups is 1. The minimum absolute atomic E-state index is 0.192. The molecule has 24 heavy (non-hydrogen) atoms. The van der Waals surface area contributed by atoms with E-state index in [1.165, 1.54) is 0 Å². The summed E-state index contributed by atoms with van der Waals surface area (Å²) in [6.07, 6.45) is 0.818. The van der Waals surface area contributed by atoms with Crippen molar-refractivity contribution in [2.45, 2.75) is 19.9 Å². The maximum atomic E-state index is 12.5. The average molecular weight is 367 g/mol. The van der Waals surface area contributed by atoms with Gasteiger partial charge in [0.25, 0.3) is 0 Å². The highest BCUT2D eigenvalue weighted by Crippen LogP contribution is 2.37. The molecular formula is C17H19ClN2O3S. The van der Waals surface area contributed by atoms with Crippen LogP contribution in [0.5, 0.6) is 11.5 Å². The van der Waals surface area contributed by atoms with E-state index in [-0.39, 0.29) is 6.03 Å². The van der Waals surface area contributed by atoms with Gasteiger partial charge in [-0.05, 0) is 18.4 Å². The number of hydrogen-bond acceptors (Lipinski definition) is 4. The Balaban J connectivity index is 1.74. The number of anilines is 1. The van der Waals surface area contributed by atoms with E-state index in [4.69, 9.17) is 21.1 Å². The number of benzene rings is 1. The molecule has 128 valence electrons. The Morgan fingerprint density at radius 2 is 2.08 bits per heavy atom. The SMILES string of the molecule is CCN(Cc1cccs1)C(=O)Nc1cc2c(cc1Cl)OCCCO2. The van der Waals surface area contributed by atoms with Gasteiger partial charge in [0.2, 0.25) is 0 Å². The molecule has 1 aliphatic rings. The Kier molecular flexibility index (Phi) is 5.48. The van der Waals surface area contributed by atoms with Gasteiger partial charge in [0.05, 0.1) is 30.5 Å². The largest absolute Gasteiger partial charge is 0.490 e. The molecule has 0 radical (unpaired) electrons. The molecule has 2 amide bonds. The van der Waals surface area contributed by atoms with Crippen molar-refractivity contribution in [1.29, 1.82) is 0 Å². The predicted octanol–water partition coefficient (Wildman–Crippen LogP) is 4.62. The first-order valence-electron chi connectivity index (χ1n) is 7.85. The zero-order valence-electron chi connectivity index (χ0n) is 13.4. The first kappa shape index (κ1) is 16.9. The van der Waals surface area contributed by atoms with Gasteiger partial charge in [-0.3, -0.25) is 0 Å². The third kappa shape index (κ3) is 3.94. The number of fused-ring (bicyclic) bond motifs is 1. The topological polar surface area (TPSA) is 50.8 Å². The smallest absolute Gasteiger partial charge is 0.322 e. The zero-order chi connectivity index (χ0) is 16.9. The van der Waals surface area contributed by atoms with E-state index in [0.29, 0.717) is 48.5 Å². The van der Waals surface area contributed by atoms with Crippen molar-refractivity contribution in [2.75, 3.05) is 25.1 Å². The lowest BCUT2D eigenvalue weighted by atomic mass is 10.2. The molecular weight excluding hydrogens is 348 g/mol. The van der Waals surface area contributed by atoms with Crippen molar-refractivity contribution in [3.05, 3.63) is 39.5 Å². The summed E-state index contributed by atoms with van der Waals surface area (Å²) in [7, 11) is 0. The second-order valence-electron chi connectivity index (χ2n) is 5.35. The number of halogens is 1. The van der Waals surface area contributed by atoms with Crippen LogP contribution in [0.1, 0.15) is 18.2 Å². The van der Waals surface area contributed by atoms with E-state index in [9.17, 15) is 4.79 Å². The number of amides is 2. The summed E-state index contributed by atoms with van der Waals surface area (Å²) in [5, 5.41) is 5.30. The average Bonchev–Trinajstić information content (AvgIpc) is 2.98. The van der Waals surface area contributed by atoms with Crippen molar-refractivity contribution < 1.29 is 14.3 Å². The van der Waals surface area contributed by atoms with Gasteiger partial charge in [-0.25, -0.2) is 4.79 Å². The van der Waals surface area contributed by atoms with Gasteiger partial charge in [0.15, 0.2) is 11.5 Å². The minimum atomic E-state index is -0.192. The molecule has 1 aliphatic heterocycles. The molecule has 0 fully saturated rings. The summed E-state index contributed by atoms with van der Waals surface area (Å²) < 4.78 is 11.2. The van der Waals surface area contributed by atoms with Crippen molar-refractivity contribution in [3.8, 4) is 11.5 Å². The quantitative estimate of drug-likeness (QED) is 0.859. The number of nitrogens with zero attached hydrogens (tertiary/aromatic N) is 1. The number of nitrogens with one attached hydrogen (secondary N) is 1. The van der Waals surface area contributed by atoms with Crippen molar-refractivity contribution >= 4 is 34.7 Å². The standard InChI is InChI=1S/C17H19ClN2O3S/c1-2-20(11-12-5-3-8-24-12)17(21)19-14-10-16-15(9-13(14)18)22-6-4-7-23-16/h3,5,8-10H,2,4,6-7,11H2,1H3,(H,19,21). The van der Waals surface area contributed by atoms with Gasteiger partial charge in [-0.1, -0.05) is 17.7 Å². The van der Waals surface area contributed by atoms with E-state index in [0.717, 1.165) is 11.3 Å². The first-order valence-corrected chi connectivity index (χ1v) is 9.10. The Morgan fingerprint density at radius 3 is 2.75 bits per heavy atom. The molecule has 0 bridgehead atoms. The fraction of sp³-hybridized carbons (Fsp3) is 0.353. The molecule has 0 aliphatic carbocycles. The molecule has 2 heterocycles. The molecule has 0 spiro atoms. The molecule has 0 unspecified atom stereocenters. The molecule has 2 aromatic rings. The number of carbonyl (C=O) groups excluding carboxylic acids is 1. The van der Waals surface area contributed by atoms with E-state index >= 15 is 0 Å². The molecule has 1 aromatic heterocycles. The Hall–Kier alpha value is -1.92. The number of thiophene rings is 1. The maximum Gasteiger partial charge on any atom is 0.322 e. The molecule has 0 atom stereocenters. The Bertz CT molecular complexity index is 706. The van der Waals surface area contributed by atoms with Gasteiger partial charge >= 0.3 is 6.03 Å². The van der Waals surface area contributed by atoms with Crippen LogP contribution < -0.4 is 14.8 Å². The van der Waals surface area contributed by atoms with E-state index in [2.05, 4.69) is 5.32 Å². The monoisotopic (exact) mass is 366 g/mol. The Morgan fingerprint density at radius 1 is 1.33 bits per heavy atom. The number of ether oxygens (including phenoxy) is 2. The van der Waals surface area contributed by atoms with Crippen molar-refractivity contribution in [3.63, 3.8) is 0 Å². The van der Waals surface area contributed by atoms with Gasteiger partial charge < -0.3 is 19.7 Å². The lowest BCUT2D eigenvalue weighted by Gasteiger charge is -2.21. The van der Waals surface area contributed by atoms with Gasteiger partial charge in [0.1, 0.15) is 0 Å². The number of carbonyl (C=O) groups is 1. The lowest BCUT2D eigenvalue weighted by molar-refractivity contribution is 0.212. The summed E-state index contributed by atoms with van der Waals surface area (Å²) in [6, 6.07) is 7.21. The summed E-state index contributed by atoms with van der Waals surface area (Å²) in [6.45, 7) is 4.30. The number of hydrogen-bond donors (Lipinski definition) is 1. The van der Waals surface area contributed by atoms with Crippen LogP contribution >= 0.6 is 22.9 Å². The summed E-state index contributed by atoms with van der Waals surface area (Å²) >= 11 is 7.91. The van der Waals surface area contributed by atoms with E-state index < -0.39 is 0 Å². The van der Waals surface area contributed by atoms with Crippen LogP contribution in [0.2, 0.25) is 5.02 Å². The second kappa shape index (κ2) is 7.77. The number of rotatable bonds is 4. The highest BCUT2D eigenvalue weighted by atomic mass is 35.5. The molecule has 1 aromatic carbocycles. The zero-order valence-corrected chi connectivity index (χ0v) is 15.0. The highest BCUT2D eigenvalue weighted by molar-refractivity contribution is 7.09. The van der Waals surface area contributed by atoms with E-state index in [1.807, 2.05) is 24.4 Å². The normalized spacial score (nSPS) is 13.2. The maximum absolute atomic E-state index is 12.5. The van der Waals surface area contributed by atoms with Crippen LogP contribution in [0.4, 0.5) is 10.5 Å². The second-order valence-corrected chi connectivity index (χ2v) is 6.79. The summed E-state index contributed by atoms with van der Waals surface area (Å²) in [5.74, 6) is 1.22. The molecule has 0 saturated heterocycles. The minimum Gasteiger partial charge on any atom is -0.490 e. The van der Waals surface area contributed by atoms with Crippen LogP contribution in [0.15, 0.2) is 29.6 Å². The van der Waals surface area contributed by atoms with Crippen molar-refractivity contribution in [1.82, 2.24) is 4.90 Å². The van der Waals surface area contributed by atoms with Crippen LogP contribution in [0.25, 0.3) is 0 Å². The predicted molar refractivity (Wildman–Crippen MR) is 96.5 cm³/mol. The van der Waals surface area contributed by atoms with Gasteiger partial charge in [-0.15, -0.1) is 11.3 Å².